The van der Waals surface area contributed by atoms with Gasteiger partial charge >= 0.3 is 0 Å². The first kappa shape index (κ1) is 19.8. The Bertz CT molecular complexity index is 792. The molecule has 0 fully saturated rings. The Morgan fingerprint density at radius 1 is 1.27 bits per heavy atom. The van der Waals surface area contributed by atoms with Gasteiger partial charge in [0, 0.05) is 19.2 Å². The summed E-state index contributed by atoms with van der Waals surface area (Å²) in [6.45, 7) is 0.653. The van der Waals surface area contributed by atoms with E-state index in [1.807, 2.05) is 30.3 Å². The standard InChI is InChI=1S/C17H21N5O3S/c1-24-14(11-25-26(19)23)9-10-20-17-16(18)15(21-12-22-17)8-7-13-5-3-2-4-6-13/h2-6,12,14H,9-11,18-19H2,1H3,(H,20,21,22). The van der Waals surface area contributed by atoms with Crippen LogP contribution in [0.3, 0.4) is 0 Å². The molecule has 1 aromatic heterocycles. The van der Waals surface area contributed by atoms with Crippen LogP contribution in [0.25, 0.3) is 0 Å². The average Bonchev–Trinajstić information content (AvgIpc) is 2.65. The molecule has 0 aliphatic heterocycles. The van der Waals surface area contributed by atoms with E-state index in [2.05, 4.69) is 27.1 Å². The van der Waals surface area contributed by atoms with Crippen LogP contribution < -0.4 is 16.2 Å². The van der Waals surface area contributed by atoms with E-state index in [9.17, 15) is 4.21 Å². The van der Waals surface area contributed by atoms with Crippen molar-refractivity contribution in [1.29, 1.82) is 0 Å². The Morgan fingerprint density at radius 2 is 2.04 bits per heavy atom. The maximum atomic E-state index is 10.8. The number of nitrogens with one attached hydrogen (secondary N) is 1. The van der Waals surface area contributed by atoms with Crippen LogP contribution in [-0.2, 0) is 20.2 Å². The lowest BCUT2D eigenvalue weighted by atomic mass is 10.2. The molecular weight excluding hydrogens is 354 g/mol. The van der Waals surface area contributed by atoms with Crippen molar-refractivity contribution >= 4 is 22.8 Å². The highest BCUT2D eigenvalue weighted by Crippen LogP contribution is 2.17. The lowest BCUT2D eigenvalue weighted by Crippen LogP contribution is -2.24. The molecule has 0 saturated carbocycles. The Kier molecular flexibility index (Phi) is 7.98. The molecule has 0 bridgehead atoms. The summed E-state index contributed by atoms with van der Waals surface area (Å²) in [4.78, 5) is 8.26. The molecule has 5 N–H and O–H groups in total. The third-order valence-corrected chi connectivity index (χ3v) is 3.81. The second kappa shape index (κ2) is 10.5. The van der Waals surface area contributed by atoms with Crippen LogP contribution in [0.5, 0.6) is 0 Å². The molecule has 2 rings (SSSR count). The van der Waals surface area contributed by atoms with Crippen LogP contribution in [0, 0.1) is 11.8 Å². The maximum absolute atomic E-state index is 10.8. The Hall–Kier alpha value is -2.51. The molecule has 2 atom stereocenters. The molecule has 0 amide bonds. The van der Waals surface area contributed by atoms with Gasteiger partial charge in [-0.05, 0) is 24.5 Å². The molecule has 26 heavy (non-hydrogen) atoms. The van der Waals surface area contributed by atoms with Gasteiger partial charge in [0.15, 0.2) is 5.82 Å². The minimum Gasteiger partial charge on any atom is -0.393 e. The second-order valence-corrected chi connectivity index (χ2v) is 5.98. The topological polar surface area (TPSA) is 125 Å². The molecule has 9 heteroatoms. The first-order chi connectivity index (χ1) is 12.6. The van der Waals surface area contributed by atoms with Gasteiger partial charge < -0.3 is 15.8 Å². The molecule has 8 nitrogen and oxygen atoms in total. The summed E-state index contributed by atoms with van der Waals surface area (Å²) in [5.41, 5.74) is 7.80. The highest BCUT2D eigenvalue weighted by Gasteiger charge is 2.11. The fraction of sp³-hybridized carbons (Fsp3) is 0.294. The van der Waals surface area contributed by atoms with E-state index in [0.29, 0.717) is 30.2 Å². The number of nitrogen functional groups attached to an aromatic ring is 1. The van der Waals surface area contributed by atoms with Crippen molar-refractivity contribution in [3.63, 3.8) is 0 Å². The molecular formula is C17H21N5O3S. The number of aromatic nitrogens is 2. The van der Waals surface area contributed by atoms with Crippen LogP contribution in [0.1, 0.15) is 17.7 Å². The van der Waals surface area contributed by atoms with Crippen molar-refractivity contribution in [3.05, 3.63) is 47.9 Å². The summed E-state index contributed by atoms with van der Waals surface area (Å²) in [5.74, 6) is 6.46. The molecule has 0 aliphatic carbocycles. The number of hydrogen-bond acceptors (Lipinski definition) is 7. The number of benzene rings is 1. The Balaban J connectivity index is 1.96. The lowest BCUT2D eigenvalue weighted by Gasteiger charge is -2.15. The van der Waals surface area contributed by atoms with Crippen LogP contribution >= 0.6 is 0 Å². The number of anilines is 2. The monoisotopic (exact) mass is 375 g/mol. The SMILES string of the molecule is COC(CCNc1ncnc(C#Cc2ccccc2)c1N)COS(N)=O. The molecule has 0 radical (unpaired) electrons. The van der Waals surface area contributed by atoms with E-state index in [4.69, 9.17) is 19.8 Å². The van der Waals surface area contributed by atoms with Gasteiger partial charge in [-0.3, -0.25) is 4.18 Å². The van der Waals surface area contributed by atoms with E-state index < -0.39 is 11.3 Å². The highest BCUT2D eigenvalue weighted by atomic mass is 32.2. The Morgan fingerprint density at radius 3 is 2.73 bits per heavy atom. The third-order valence-electron chi connectivity index (χ3n) is 3.45. The fourth-order valence-electron chi connectivity index (χ4n) is 2.05. The molecule has 2 aromatic rings. The zero-order valence-electron chi connectivity index (χ0n) is 14.3. The predicted molar refractivity (Wildman–Crippen MR) is 101 cm³/mol. The van der Waals surface area contributed by atoms with Crippen molar-refractivity contribution in [3.8, 4) is 11.8 Å². The third kappa shape index (κ3) is 6.42. The fourth-order valence-corrected chi connectivity index (χ4v) is 2.34. The predicted octanol–water partition coefficient (Wildman–Crippen LogP) is 0.830. The smallest absolute Gasteiger partial charge is 0.231 e. The normalized spacial score (nSPS) is 12.7. The average molecular weight is 375 g/mol. The summed E-state index contributed by atoms with van der Waals surface area (Å²) >= 11 is -1.81. The summed E-state index contributed by atoms with van der Waals surface area (Å²) in [6.07, 6.45) is 1.74. The summed E-state index contributed by atoms with van der Waals surface area (Å²) in [5, 5.41) is 8.17. The van der Waals surface area contributed by atoms with Crippen LogP contribution in [0.4, 0.5) is 11.5 Å². The molecule has 0 aliphatic rings. The van der Waals surface area contributed by atoms with Crippen molar-refractivity contribution in [1.82, 2.24) is 9.97 Å². The largest absolute Gasteiger partial charge is 0.393 e. The number of hydrogen-bond donors (Lipinski definition) is 3. The molecule has 0 spiro atoms. The zero-order chi connectivity index (χ0) is 18.8. The van der Waals surface area contributed by atoms with Gasteiger partial charge in [-0.15, -0.1) is 0 Å². The van der Waals surface area contributed by atoms with E-state index in [-0.39, 0.29) is 12.7 Å². The van der Waals surface area contributed by atoms with Gasteiger partial charge in [-0.1, -0.05) is 24.1 Å². The van der Waals surface area contributed by atoms with Crippen molar-refractivity contribution in [2.75, 3.05) is 31.3 Å². The van der Waals surface area contributed by atoms with Gasteiger partial charge in [0.05, 0.1) is 12.7 Å². The summed E-state index contributed by atoms with van der Waals surface area (Å²) in [6, 6.07) is 9.57. The zero-order valence-corrected chi connectivity index (χ0v) is 15.2. The van der Waals surface area contributed by atoms with Crippen LogP contribution in [0.2, 0.25) is 0 Å². The number of rotatable bonds is 8. The van der Waals surface area contributed by atoms with Gasteiger partial charge in [-0.25, -0.2) is 19.3 Å². The first-order valence-electron chi connectivity index (χ1n) is 7.83. The quantitative estimate of drug-likeness (QED) is 0.584. The van der Waals surface area contributed by atoms with Gasteiger partial charge in [-0.2, -0.15) is 0 Å². The number of nitrogens with two attached hydrogens (primary N) is 2. The number of methoxy groups -OCH3 is 1. The summed E-state index contributed by atoms with van der Waals surface area (Å²) < 4.78 is 20.8. The molecule has 1 aromatic carbocycles. The second-order valence-electron chi connectivity index (χ2n) is 5.22. The highest BCUT2D eigenvalue weighted by molar-refractivity contribution is 7.77. The maximum Gasteiger partial charge on any atom is 0.231 e. The summed E-state index contributed by atoms with van der Waals surface area (Å²) in [7, 11) is 1.55. The minimum absolute atomic E-state index is 0.133. The lowest BCUT2D eigenvalue weighted by molar-refractivity contribution is 0.0591. The molecule has 2 unspecified atom stereocenters. The number of ether oxygens (including phenoxy) is 1. The van der Waals surface area contributed by atoms with Crippen molar-refractivity contribution in [2.45, 2.75) is 12.5 Å². The molecule has 0 saturated heterocycles. The van der Waals surface area contributed by atoms with E-state index in [0.717, 1.165) is 5.56 Å². The molecule has 138 valence electrons. The Labute approximate surface area is 155 Å². The van der Waals surface area contributed by atoms with E-state index >= 15 is 0 Å². The van der Waals surface area contributed by atoms with E-state index in [1.54, 1.807) is 7.11 Å². The first-order valence-corrected chi connectivity index (χ1v) is 8.97. The molecule has 1 heterocycles. The van der Waals surface area contributed by atoms with E-state index in [1.165, 1.54) is 6.33 Å². The van der Waals surface area contributed by atoms with Gasteiger partial charge in [0.25, 0.3) is 0 Å². The van der Waals surface area contributed by atoms with Crippen molar-refractivity contribution in [2.24, 2.45) is 5.14 Å². The minimum atomic E-state index is -1.81. The van der Waals surface area contributed by atoms with Crippen LogP contribution in [0.15, 0.2) is 36.7 Å². The van der Waals surface area contributed by atoms with Crippen molar-refractivity contribution < 1.29 is 13.1 Å². The van der Waals surface area contributed by atoms with Gasteiger partial charge in [0.2, 0.25) is 11.3 Å². The number of nitrogens with zero attached hydrogens (tertiary/aromatic N) is 2. The van der Waals surface area contributed by atoms with Gasteiger partial charge in [0.1, 0.15) is 17.7 Å². The van der Waals surface area contributed by atoms with Crippen LogP contribution in [-0.4, -0.2) is 40.5 Å².